The van der Waals surface area contributed by atoms with Crippen molar-refractivity contribution in [3.63, 3.8) is 0 Å². The quantitative estimate of drug-likeness (QED) is 0.553. The van der Waals surface area contributed by atoms with E-state index in [-0.39, 0.29) is 5.91 Å². The number of hydrazone groups is 1. The lowest BCUT2D eigenvalue weighted by molar-refractivity contribution is -0.118. The van der Waals surface area contributed by atoms with Gasteiger partial charge < -0.3 is 4.42 Å². The maximum absolute atomic E-state index is 10.5. The minimum atomic E-state index is -0.192. The van der Waals surface area contributed by atoms with E-state index in [0.29, 0.717) is 11.5 Å². The Morgan fingerprint density at radius 3 is 2.62 bits per heavy atom. The van der Waals surface area contributed by atoms with Gasteiger partial charge in [0.2, 0.25) is 5.91 Å². The summed E-state index contributed by atoms with van der Waals surface area (Å²) < 4.78 is 5.30. The predicted molar refractivity (Wildman–Crippen MR) is 49.5 cm³/mol. The molecule has 1 rings (SSSR count). The summed E-state index contributed by atoms with van der Waals surface area (Å²) in [5, 5.41) is 3.83. The number of rotatable bonds is 2. The molecule has 0 atom stereocenters. The van der Waals surface area contributed by atoms with Crippen molar-refractivity contribution in [3.8, 4) is 0 Å². The van der Waals surface area contributed by atoms with Crippen LogP contribution in [0.1, 0.15) is 25.4 Å². The molecule has 0 saturated carbocycles. The first-order valence-electron chi connectivity index (χ1n) is 3.97. The summed E-state index contributed by atoms with van der Waals surface area (Å²) in [6, 6.07) is 3.66. The number of carbonyl (C=O) groups excluding carboxylic acids is 1. The van der Waals surface area contributed by atoms with Crippen LogP contribution in [0.2, 0.25) is 0 Å². The molecule has 0 bridgehead atoms. The molecular formula is C9H12N2O2. The highest BCUT2D eigenvalue weighted by Gasteiger charge is 2.01. The van der Waals surface area contributed by atoms with Crippen LogP contribution in [0.15, 0.2) is 21.7 Å². The first kappa shape index (κ1) is 9.51. The van der Waals surface area contributed by atoms with Crippen LogP contribution >= 0.6 is 0 Å². The van der Waals surface area contributed by atoms with Crippen molar-refractivity contribution < 1.29 is 9.21 Å². The molecule has 0 aliphatic carbocycles. The third-order valence-corrected chi connectivity index (χ3v) is 1.48. The lowest BCUT2D eigenvalue weighted by Gasteiger charge is -1.95. The monoisotopic (exact) mass is 180 g/mol. The highest BCUT2D eigenvalue weighted by Crippen LogP contribution is 2.06. The van der Waals surface area contributed by atoms with E-state index < -0.39 is 0 Å². The van der Waals surface area contributed by atoms with Gasteiger partial charge in [-0.25, -0.2) is 5.43 Å². The first-order chi connectivity index (χ1) is 6.09. The zero-order valence-corrected chi connectivity index (χ0v) is 7.92. The molecule has 1 aromatic heterocycles. The second-order valence-corrected chi connectivity index (χ2v) is 2.78. The Balaban J connectivity index is 2.72. The predicted octanol–water partition coefficient (Wildman–Crippen LogP) is 1.45. The molecule has 0 aliphatic rings. The van der Waals surface area contributed by atoms with Gasteiger partial charge in [0.15, 0.2) is 0 Å². The molecule has 1 amide bonds. The molecule has 1 N–H and O–H groups in total. The number of aryl methyl sites for hydroxylation is 1. The van der Waals surface area contributed by atoms with Gasteiger partial charge in [0, 0.05) is 6.92 Å². The van der Waals surface area contributed by atoms with E-state index in [1.807, 2.05) is 19.1 Å². The minimum absolute atomic E-state index is 0.192. The van der Waals surface area contributed by atoms with E-state index in [9.17, 15) is 4.79 Å². The second-order valence-electron chi connectivity index (χ2n) is 2.78. The molecule has 0 unspecified atom stereocenters. The van der Waals surface area contributed by atoms with Crippen molar-refractivity contribution in [1.29, 1.82) is 0 Å². The Morgan fingerprint density at radius 2 is 2.15 bits per heavy atom. The van der Waals surface area contributed by atoms with Crippen LogP contribution in [0, 0.1) is 6.92 Å². The Bertz CT molecular complexity index is 339. The van der Waals surface area contributed by atoms with Gasteiger partial charge in [0.05, 0.1) is 0 Å². The smallest absolute Gasteiger partial charge is 0.236 e. The van der Waals surface area contributed by atoms with E-state index in [4.69, 9.17) is 4.42 Å². The van der Waals surface area contributed by atoms with E-state index in [0.717, 1.165) is 5.76 Å². The summed E-state index contributed by atoms with van der Waals surface area (Å²) >= 11 is 0. The first-order valence-corrected chi connectivity index (χ1v) is 3.97. The zero-order chi connectivity index (χ0) is 9.84. The van der Waals surface area contributed by atoms with Gasteiger partial charge in [-0.1, -0.05) is 0 Å². The summed E-state index contributed by atoms with van der Waals surface area (Å²) in [5.41, 5.74) is 3.00. The maximum atomic E-state index is 10.5. The molecule has 0 saturated heterocycles. The van der Waals surface area contributed by atoms with Gasteiger partial charge in [0.25, 0.3) is 0 Å². The largest absolute Gasteiger partial charge is 0.460 e. The summed E-state index contributed by atoms with van der Waals surface area (Å²) in [6.07, 6.45) is 0. The fraction of sp³-hybridized carbons (Fsp3) is 0.333. The highest BCUT2D eigenvalue weighted by molar-refractivity contribution is 5.96. The number of nitrogens with one attached hydrogen (secondary N) is 1. The molecule has 4 nitrogen and oxygen atoms in total. The molecular weight excluding hydrogens is 168 g/mol. The Labute approximate surface area is 76.6 Å². The standard InChI is InChI=1S/C9H12N2O2/c1-6-4-5-9(13-6)7(2)10-11-8(3)12/h4-5H,1-3H3,(H,11,12)/b10-7-. The van der Waals surface area contributed by atoms with Gasteiger partial charge >= 0.3 is 0 Å². The lowest BCUT2D eigenvalue weighted by Crippen LogP contribution is -2.14. The molecule has 13 heavy (non-hydrogen) atoms. The number of carbonyl (C=O) groups is 1. The van der Waals surface area contributed by atoms with Crippen molar-refractivity contribution in [1.82, 2.24) is 5.43 Å². The molecule has 4 heteroatoms. The lowest BCUT2D eigenvalue weighted by atomic mass is 10.3. The van der Waals surface area contributed by atoms with Crippen LogP contribution in [-0.4, -0.2) is 11.6 Å². The van der Waals surface area contributed by atoms with Crippen molar-refractivity contribution in [2.24, 2.45) is 5.10 Å². The fourth-order valence-corrected chi connectivity index (χ4v) is 0.847. The van der Waals surface area contributed by atoms with Crippen molar-refractivity contribution >= 4 is 11.6 Å². The van der Waals surface area contributed by atoms with Crippen LogP contribution in [-0.2, 0) is 4.79 Å². The SMILES string of the molecule is CC(=O)N/N=C(/C)c1ccc(C)o1. The Hall–Kier alpha value is -1.58. The van der Waals surface area contributed by atoms with Crippen LogP contribution in [0.5, 0.6) is 0 Å². The molecule has 1 heterocycles. The summed E-state index contributed by atoms with van der Waals surface area (Å²) in [7, 11) is 0. The molecule has 0 aromatic carbocycles. The number of nitrogens with zero attached hydrogens (tertiary/aromatic N) is 1. The fourth-order valence-electron chi connectivity index (χ4n) is 0.847. The number of hydrogen-bond donors (Lipinski definition) is 1. The van der Waals surface area contributed by atoms with E-state index >= 15 is 0 Å². The van der Waals surface area contributed by atoms with Crippen LogP contribution in [0.3, 0.4) is 0 Å². The average molecular weight is 180 g/mol. The van der Waals surface area contributed by atoms with Gasteiger partial charge in [-0.05, 0) is 26.0 Å². The Kier molecular flexibility index (Phi) is 2.84. The van der Waals surface area contributed by atoms with Crippen LogP contribution in [0.4, 0.5) is 0 Å². The third kappa shape index (κ3) is 2.74. The van der Waals surface area contributed by atoms with Gasteiger partial charge in [-0.3, -0.25) is 4.79 Å². The molecule has 0 radical (unpaired) electrons. The van der Waals surface area contributed by atoms with Crippen LogP contribution in [0.25, 0.3) is 0 Å². The van der Waals surface area contributed by atoms with Gasteiger partial charge in [-0.15, -0.1) is 0 Å². The summed E-state index contributed by atoms with van der Waals surface area (Å²) in [4.78, 5) is 10.5. The van der Waals surface area contributed by atoms with E-state index in [1.54, 1.807) is 6.92 Å². The van der Waals surface area contributed by atoms with E-state index in [1.165, 1.54) is 6.92 Å². The minimum Gasteiger partial charge on any atom is -0.460 e. The summed E-state index contributed by atoms with van der Waals surface area (Å²) in [5.74, 6) is 1.31. The number of hydrogen-bond acceptors (Lipinski definition) is 3. The molecule has 0 spiro atoms. The van der Waals surface area contributed by atoms with Crippen LogP contribution < -0.4 is 5.43 Å². The molecule has 0 aliphatic heterocycles. The average Bonchev–Trinajstić information content (AvgIpc) is 2.47. The number of amides is 1. The Morgan fingerprint density at radius 1 is 1.46 bits per heavy atom. The van der Waals surface area contributed by atoms with Gasteiger partial charge in [0.1, 0.15) is 17.2 Å². The topological polar surface area (TPSA) is 54.6 Å². The molecule has 0 fully saturated rings. The summed E-state index contributed by atoms with van der Waals surface area (Å²) in [6.45, 7) is 5.04. The zero-order valence-electron chi connectivity index (χ0n) is 7.92. The van der Waals surface area contributed by atoms with Crippen molar-refractivity contribution in [2.45, 2.75) is 20.8 Å². The number of furan rings is 1. The van der Waals surface area contributed by atoms with Gasteiger partial charge in [-0.2, -0.15) is 5.10 Å². The second kappa shape index (κ2) is 3.89. The highest BCUT2D eigenvalue weighted by atomic mass is 16.3. The van der Waals surface area contributed by atoms with Crippen molar-refractivity contribution in [2.75, 3.05) is 0 Å². The van der Waals surface area contributed by atoms with E-state index in [2.05, 4.69) is 10.5 Å². The maximum Gasteiger partial charge on any atom is 0.236 e. The third-order valence-electron chi connectivity index (χ3n) is 1.48. The molecule has 70 valence electrons. The van der Waals surface area contributed by atoms with Crippen molar-refractivity contribution in [3.05, 3.63) is 23.7 Å². The normalized spacial score (nSPS) is 11.5. The molecule has 1 aromatic rings.